The molecule has 2 aromatic heterocycles. The third-order valence-electron chi connectivity index (χ3n) is 4.84. The highest BCUT2D eigenvalue weighted by atomic mass is 35.5. The van der Waals surface area contributed by atoms with Crippen LogP contribution in [-0.4, -0.2) is 38.8 Å². The maximum absolute atomic E-state index is 12.2. The van der Waals surface area contributed by atoms with Gasteiger partial charge in [0.05, 0.1) is 18.1 Å². The highest BCUT2D eigenvalue weighted by Gasteiger charge is 2.19. The molecule has 30 heavy (non-hydrogen) atoms. The monoisotopic (exact) mass is 431 g/mol. The predicted octanol–water partition coefficient (Wildman–Crippen LogP) is 2.35. The summed E-state index contributed by atoms with van der Waals surface area (Å²) < 4.78 is 7.00. The molecule has 3 N–H and O–H groups in total. The highest BCUT2D eigenvalue weighted by Crippen LogP contribution is 2.30. The van der Waals surface area contributed by atoms with Crippen molar-refractivity contribution in [2.75, 3.05) is 7.11 Å². The van der Waals surface area contributed by atoms with Crippen molar-refractivity contribution in [3.8, 4) is 11.6 Å². The molecule has 1 aromatic carbocycles. The number of hydrazine groups is 1. The van der Waals surface area contributed by atoms with Gasteiger partial charge in [-0.3, -0.25) is 20.4 Å². The molecule has 0 fully saturated rings. The van der Waals surface area contributed by atoms with Crippen molar-refractivity contribution in [2.45, 2.75) is 26.7 Å². The molecule has 0 radical (unpaired) electrons. The molecule has 9 nitrogen and oxygen atoms in total. The van der Waals surface area contributed by atoms with Gasteiger partial charge in [0.25, 0.3) is 5.91 Å². The van der Waals surface area contributed by atoms with Crippen molar-refractivity contribution in [3.05, 3.63) is 45.6 Å². The molecule has 0 atom stereocenters. The fourth-order valence-corrected chi connectivity index (χ4v) is 3.46. The van der Waals surface area contributed by atoms with Gasteiger partial charge in [0.2, 0.25) is 11.8 Å². The van der Waals surface area contributed by atoms with Crippen molar-refractivity contribution in [3.63, 3.8) is 0 Å². The van der Waals surface area contributed by atoms with Crippen molar-refractivity contribution in [2.24, 2.45) is 7.05 Å². The Bertz CT molecular complexity index is 1140. The molecule has 3 aromatic rings. The van der Waals surface area contributed by atoms with Crippen molar-refractivity contribution < 1.29 is 19.4 Å². The number of phenols is 1. The van der Waals surface area contributed by atoms with Crippen molar-refractivity contribution >= 4 is 34.4 Å². The van der Waals surface area contributed by atoms with E-state index in [1.54, 1.807) is 18.8 Å². The molecule has 2 heterocycles. The molecule has 10 heteroatoms. The van der Waals surface area contributed by atoms with Crippen LogP contribution in [-0.2, 0) is 18.3 Å². The van der Waals surface area contributed by atoms with Gasteiger partial charge >= 0.3 is 0 Å². The summed E-state index contributed by atoms with van der Waals surface area (Å²) in [6.07, 6.45) is 0.544. The van der Waals surface area contributed by atoms with Gasteiger partial charge in [-0.15, -0.1) is 5.10 Å². The van der Waals surface area contributed by atoms with Gasteiger partial charge in [-0.25, -0.2) is 9.67 Å². The number of ether oxygens (including phenoxy) is 1. The van der Waals surface area contributed by atoms with Crippen LogP contribution in [0.2, 0.25) is 5.02 Å². The van der Waals surface area contributed by atoms with Gasteiger partial charge in [0, 0.05) is 24.2 Å². The summed E-state index contributed by atoms with van der Waals surface area (Å²) in [7, 11) is 3.35. The SMILES string of the molecule is COc1nn(C)c2nc(C)c(CCC(=O)NNC(=O)c3cc(Cl)ccc3O)c(C)c12. The maximum Gasteiger partial charge on any atom is 0.273 e. The number of pyridine rings is 1. The Hall–Kier alpha value is -3.33. The lowest BCUT2D eigenvalue weighted by Crippen LogP contribution is -2.41. The minimum atomic E-state index is -0.668. The molecule has 0 bridgehead atoms. The molecule has 3 rings (SSSR count). The van der Waals surface area contributed by atoms with Crippen LogP contribution in [0.3, 0.4) is 0 Å². The molecule has 0 saturated carbocycles. The normalized spacial score (nSPS) is 10.8. The fourth-order valence-electron chi connectivity index (χ4n) is 3.29. The van der Waals surface area contributed by atoms with Gasteiger partial charge in [0.1, 0.15) is 5.75 Å². The number of carbonyl (C=O) groups excluding carboxylic acids is 2. The van der Waals surface area contributed by atoms with E-state index in [0.717, 1.165) is 22.2 Å². The lowest BCUT2D eigenvalue weighted by Gasteiger charge is -2.12. The largest absolute Gasteiger partial charge is 0.507 e. The molecule has 0 spiro atoms. The summed E-state index contributed by atoms with van der Waals surface area (Å²) in [6.45, 7) is 3.82. The van der Waals surface area contributed by atoms with Gasteiger partial charge in [-0.2, -0.15) is 0 Å². The first-order valence-corrected chi connectivity index (χ1v) is 9.55. The van der Waals surface area contributed by atoms with E-state index in [0.29, 0.717) is 23.0 Å². The second kappa shape index (κ2) is 8.58. The Morgan fingerprint density at radius 2 is 2.00 bits per heavy atom. The van der Waals surface area contributed by atoms with Crippen molar-refractivity contribution in [1.82, 2.24) is 25.6 Å². The summed E-state index contributed by atoms with van der Waals surface area (Å²) in [5, 5.41) is 15.2. The number of carbonyl (C=O) groups is 2. The third kappa shape index (κ3) is 4.16. The Labute approximate surface area is 178 Å². The number of fused-ring (bicyclic) bond motifs is 1. The van der Waals surface area contributed by atoms with Crippen molar-refractivity contribution in [1.29, 1.82) is 0 Å². The van der Waals surface area contributed by atoms with E-state index in [2.05, 4.69) is 20.9 Å². The molecule has 0 aliphatic carbocycles. The number of halogens is 1. The van der Waals surface area contributed by atoms with Gasteiger partial charge in [-0.05, 0) is 49.6 Å². The third-order valence-corrected chi connectivity index (χ3v) is 5.07. The number of aromatic nitrogens is 3. The summed E-state index contributed by atoms with van der Waals surface area (Å²) in [5.41, 5.74) is 7.97. The van der Waals surface area contributed by atoms with Crippen LogP contribution in [0.15, 0.2) is 18.2 Å². The number of aromatic hydroxyl groups is 1. The maximum atomic E-state index is 12.2. The molecule has 0 unspecified atom stereocenters. The first kappa shape index (κ1) is 21.4. The van der Waals surface area contributed by atoms with Gasteiger partial charge in [0.15, 0.2) is 5.65 Å². The molecule has 2 amide bonds. The van der Waals surface area contributed by atoms with Crippen LogP contribution in [0.5, 0.6) is 11.6 Å². The molecular weight excluding hydrogens is 410 g/mol. The lowest BCUT2D eigenvalue weighted by molar-refractivity contribution is -0.121. The number of benzene rings is 1. The second-order valence-electron chi connectivity index (χ2n) is 6.80. The van der Waals surface area contributed by atoms with E-state index in [-0.39, 0.29) is 23.6 Å². The number of nitrogens with one attached hydrogen (secondary N) is 2. The first-order chi connectivity index (χ1) is 14.2. The zero-order chi connectivity index (χ0) is 22.0. The minimum Gasteiger partial charge on any atom is -0.507 e. The quantitative estimate of drug-likeness (QED) is 0.533. The van der Waals surface area contributed by atoms with Crippen LogP contribution >= 0.6 is 11.6 Å². The number of hydrogen-bond donors (Lipinski definition) is 3. The Morgan fingerprint density at radius 3 is 2.70 bits per heavy atom. The van der Waals surface area contributed by atoms with Crippen LogP contribution in [0.1, 0.15) is 33.6 Å². The zero-order valence-corrected chi connectivity index (χ0v) is 17.8. The molecule has 158 valence electrons. The molecule has 0 saturated heterocycles. The van der Waals surface area contributed by atoms with Gasteiger partial charge in [-0.1, -0.05) is 11.6 Å². The zero-order valence-electron chi connectivity index (χ0n) is 17.0. The smallest absolute Gasteiger partial charge is 0.273 e. The average molecular weight is 432 g/mol. The first-order valence-electron chi connectivity index (χ1n) is 9.17. The van der Waals surface area contributed by atoms with E-state index in [1.807, 2.05) is 13.8 Å². The minimum absolute atomic E-state index is 0.0344. The lowest BCUT2D eigenvalue weighted by atomic mass is 10.00. The summed E-state index contributed by atoms with van der Waals surface area (Å²) in [6, 6.07) is 4.08. The molecular formula is C20H22ClN5O4. The number of amides is 2. The van der Waals surface area contributed by atoms with Crippen LogP contribution in [0.4, 0.5) is 0 Å². The van der Waals surface area contributed by atoms with E-state index in [9.17, 15) is 14.7 Å². The number of phenolic OH excluding ortho intramolecular Hbond substituents is 1. The predicted molar refractivity (Wildman–Crippen MR) is 112 cm³/mol. The highest BCUT2D eigenvalue weighted by molar-refractivity contribution is 6.31. The summed E-state index contributed by atoms with van der Waals surface area (Å²) in [5.74, 6) is -0.806. The topological polar surface area (TPSA) is 118 Å². The van der Waals surface area contributed by atoms with Crippen LogP contribution in [0, 0.1) is 13.8 Å². The second-order valence-corrected chi connectivity index (χ2v) is 7.23. The van der Waals surface area contributed by atoms with E-state index < -0.39 is 5.91 Å². The Balaban J connectivity index is 1.68. The fraction of sp³-hybridized carbons (Fsp3) is 0.300. The Kier molecular flexibility index (Phi) is 6.12. The Morgan fingerprint density at radius 1 is 1.27 bits per heavy atom. The number of rotatable bonds is 5. The van der Waals surface area contributed by atoms with E-state index in [1.165, 1.54) is 18.2 Å². The van der Waals surface area contributed by atoms with E-state index in [4.69, 9.17) is 16.3 Å². The van der Waals surface area contributed by atoms with Crippen LogP contribution < -0.4 is 15.6 Å². The number of methoxy groups -OCH3 is 1. The average Bonchev–Trinajstić information content (AvgIpc) is 3.03. The van der Waals surface area contributed by atoms with Crippen LogP contribution in [0.25, 0.3) is 11.0 Å². The van der Waals surface area contributed by atoms with E-state index >= 15 is 0 Å². The molecule has 0 aliphatic heterocycles. The standard InChI is InChI=1S/C20H22ClN5O4/c1-10-13(11(2)22-18-17(10)20(30-4)25-26(18)3)6-8-16(28)23-24-19(29)14-9-12(21)5-7-15(14)27/h5,7,9,27H,6,8H2,1-4H3,(H,23,28)(H,24,29). The summed E-state index contributed by atoms with van der Waals surface area (Å²) >= 11 is 5.84. The summed E-state index contributed by atoms with van der Waals surface area (Å²) in [4.78, 5) is 29.0. The van der Waals surface area contributed by atoms with Gasteiger partial charge < -0.3 is 9.84 Å². The number of aryl methyl sites for hydroxylation is 3. The number of nitrogens with zero attached hydrogens (tertiary/aromatic N) is 3. The number of hydrogen-bond acceptors (Lipinski definition) is 6. The molecule has 0 aliphatic rings.